The maximum atomic E-state index is 11.2. The number of carbonyl (C=O) groups is 1. The Labute approximate surface area is 85.3 Å². The van der Waals surface area contributed by atoms with Crippen LogP contribution in [0, 0.1) is 0 Å². The summed E-state index contributed by atoms with van der Waals surface area (Å²) in [7, 11) is -2.98. The third-order valence-electron chi connectivity index (χ3n) is 1.62. The molecule has 0 radical (unpaired) electrons. The fourth-order valence-electron chi connectivity index (χ4n) is 0.902. The molecular weight excluding hydrogens is 206 g/mol. The highest BCUT2D eigenvalue weighted by molar-refractivity contribution is 8.23. The Morgan fingerprint density at radius 2 is 1.93 bits per heavy atom. The highest BCUT2D eigenvalue weighted by atomic mass is 32.3. The molecule has 0 aromatic carbocycles. The molecule has 0 heterocycles. The van der Waals surface area contributed by atoms with E-state index in [-0.39, 0.29) is 5.25 Å². The van der Waals surface area contributed by atoms with Crippen molar-refractivity contribution >= 4 is 16.9 Å². The van der Waals surface area contributed by atoms with Gasteiger partial charge >= 0.3 is 6.09 Å². The van der Waals surface area contributed by atoms with Crippen LogP contribution >= 0.6 is 10.8 Å². The van der Waals surface area contributed by atoms with Crippen molar-refractivity contribution in [3.63, 3.8) is 0 Å². The molecule has 1 rings (SSSR count). The van der Waals surface area contributed by atoms with Crippen LogP contribution in [0.15, 0.2) is 0 Å². The van der Waals surface area contributed by atoms with E-state index >= 15 is 0 Å². The smallest absolute Gasteiger partial charge is 0.426 e. The summed E-state index contributed by atoms with van der Waals surface area (Å²) in [5, 5.41) is -0.185. The Morgan fingerprint density at radius 3 is 2.29 bits per heavy atom. The molecule has 0 spiro atoms. The fraction of sp³-hybridized carbons (Fsp3) is 0.875. The van der Waals surface area contributed by atoms with Crippen LogP contribution in [0.4, 0.5) is 4.79 Å². The van der Waals surface area contributed by atoms with Crippen molar-refractivity contribution in [2.45, 2.75) is 44.5 Å². The molecule has 0 atom stereocenters. The van der Waals surface area contributed by atoms with Crippen LogP contribution in [0.3, 0.4) is 0 Å². The number of rotatable bonds is 2. The minimum Gasteiger partial charge on any atom is -0.443 e. The van der Waals surface area contributed by atoms with Crippen molar-refractivity contribution in [2.24, 2.45) is 0 Å². The summed E-state index contributed by atoms with van der Waals surface area (Å²) in [6.07, 6.45) is 0.723. The van der Waals surface area contributed by atoms with Crippen LogP contribution < -0.4 is 4.72 Å². The summed E-state index contributed by atoms with van der Waals surface area (Å²) in [5.41, 5.74) is -0.622. The van der Waals surface area contributed by atoms with E-state index in [1.54, 1.807) is 20.8 Å². The molecule has 6 heteroatoms. The second-order valence-corrected chi connectivity index (χ2v) is 6.45. The molecule has 1 amide bonds. The average molecular weight is 223 g/mol. The lowest BCUT2D eigenvalue weighted by atomic mass is 10.2. The molecule has 0 aromatic heterocycles. The summed E-state index contributed by atoms with van der Waals surface area (Å²) in [4.78, 5) is 11.2. The zero-order chi connectivity index (χ0) is 11.0. The molecule has 3 N–H and O–H groups in total. The van der Waals surface area contributed by atoms with Crippen LogP contribution in [0.1, 0.15) is 33.6 Å². The summed E-state index contributed by atoms with van der Waals surface area (Å²) in [6, 6.07) is 0. The molecule has 84 valence electrons. The van der Waals surface area contributed by atoms with Crippen LogP contribution in [-0.2, 0) is 4.74 Å². The van der Waals surface area contributed by atoms with Crippen molar-refractivity contribution in [3.05, 3.63) is 0 Å². The molecule has 0 bridgehead atoms. The van der Waals surface area contributed by atoms with Gasteiger partial charge in [0.05, 0.1) is 5.25 Å². The van der Waals surface area contributed by atoms with Crippen LogP contribution in [0.25, 0.3) is 0 Å². The van der Waals surface area contributed by atoms with Gasteiger partial charge in [-0.1, -0.05) is 0 Å². The van der Waals surface area contributed by atoms with E-state index in [1.807, 2.05) is 0 Å². The highest BCUT2D eigenvalue weighted by Crippen LogP contribution is 2.52. The Balaban J connectivity index is 2.40. The second kappa shape index (κ2) is 3.60. The van der Waals surface area contributed by atoms with Gasteiger partial charge in [0.15, 0.2) is 0 Å². The molecule has 0 unspecified atom stereocenters. The van der Waals surface area contributed by atoms with E-state index in [0.29, 0.717) is 0 Å². The minimum absolute atomic E-state index is 0.185. The number of nitrogens with one attached hydrogen (secondary N) is 1. The van der Waals surface area contributed by atoms with Gasteiger partial charge in [-0.05, 0) is 33.6 Å². The van der Waals surface area contributed by atoms with E-state index in [9.17, 15) is 13.9 Å². The van der Waals surface area contributed by atoms with Gasteiger partial charge in [0.25, 0.3) is 0 Å². The first-order valence-electron chi connectivity index (χ1n) is 4.48. The van der Waals surface area contributed by atoms with E-state index in [0.717, 1.165) is 12.8 Å². The molecule has 0 aliphatic heterocycles. The van der Waals surface area contributed by atoms with Crippen molar-refractivity contribution in [2.75, 3.05) is 0 Å². The second-order valence-electron chi connectivity index (χ2n) is 4.40. The van der Waals surface area contributed by atoms with E-state index in [2.05, 4.69) is 4.72 Å². The van der Waals surface area contributed by atoms with Crippen molar-refractivity contribution in [1.82, 2.24) is 4.72 Å². The molecule has 1 fully saturated rings. The third kappa shape index (κ3) is 3.73. The Morgan fingerprint density at radius 1 is 1.43 bits per heavy atom. The summed E-state index contributed by atoms with van der Waals surface area (Å²) < 4.78 is 25.9. The van der Waals surface area contributed by atoms with Gasteiger partial charge in [0.2, 0.25) is 0 Å². The van der Waals surface area contributed by atoms with Crippen molar-refractivity contribution in [1.29, 1.82) is 0 Å². The standard InChI is InChI=1S/C8H17NO4S/c1-8(2,3)13-7(10)9-14(11,12)6-4-5-6/h6,11-12H,4-5H2,1-3H3,(H,9,10). The maximum absolute atomic E-state index is 11.2. The molecule has 5 nitrogen and oxygen atoms in total. The average Bonchev–Trinajstić information content (AvgIpc) is 2.57. The highest BCUT2D eigenvalue weighted by Gasteiger charge is 2.37. The van der Waals surface area contributed by atoms with Crippen LogP contribution in [0.5, 0.6) is 0 Å². The van der Waals surface area contributed by atoms with Gasteiger partial charge in [0.1, 0.15) is 5.60 Å². The van der Waals surface area contributed by atoms with E-state index < -0.39 is 22.5 Å². The molecule has 1 saturated carbocycles. The Bertz CT molecular complexity index is 232. The topological polar surface area (TPSA) is 78.8 Å². The zero-order valence-electron chi connectivity index (χ0n) is 8.61. The number of ether oxygens (including phenoxy) is 1. The summed E-state index contributed by atoms with van der Waals surface area (Å²) in [6.45, 7) is 5.15. The van der Waals surface area contributed by atoms with Crippen molar-refractivity contribution < 1.29 is 18.6 Å². The Kier molecular flexibility index (Phi) is 2.99. The summed E-state index contributed by atoms with van der Waals surface area (Å²) in [5.74, 6) is 0. The zero-order valence-corrected chi connectivity index (χ0v) is 9.43. The Hall–Kier alpha value is -0.460. The largest absolute Gasteiger partial charge is 0.443 e. The predicted octanol–water partition coefficient (Wildman–Crippen LogP) is 2.34. The molecule has 1 aliphatic carbocycles. The van der Waals surface area contributed by atoms with Gasteiger partial charge < -0.3 is 4.74 Å². The number of hydrogen-bond donors (Lipinski definition) is 3. The van der Waals surface area contributed by atoms with Gasteiger partial charge in [-0.3, -0.25) is 9.11 Å². The molecular formula is C8H17NO4S. The monoisotopic (exact) mass is 223 g/mol. The minimum atomic E-state index is -2.98. The van der Waals surface area contributed by atoms with E-state index in [1.165, 1.54) is 0 Å². The molecule has 14 heavy (non-hydrogen) atoms. The van der Waals surface area contributed by atoms with Gasteiger partial charge in [-0.25, -0.2) is 9.52 Å². The lowest BCUT2D eigenvalue weighted by Crippen LogP contribution is -2.35. The SMILES string of the molecule is CC(C)(C)OC(=O)NS(O)(O)C1CC1. The van der Waals surface area contributed by atoms with Crippen LogP contribution in [0.2, 0.25) is 0 Å². The maximum Gasteiger partial charge on any atom is 0.426 e. The van der Waals surface area contributed by atoms with Gasteiger partial charge in [-0.15, -0.1) is 10.8 Å². The first-order valence-corrected chi connectivity index (χ1v) is 6.09. The molecule has 0 aromatic rings. The fourth-order valence-corrected chi connectivity index (χ4v) is 2.15. The van der Waals surface area contributed by atoms with Crippen molar-refractivity contribution in [3.8, 4) is 0 Å². The lowest BCUT2D eigenvalue weighted by molar-refractivity contribution is 0.0565. The quantitative estimate of drug-likeness (QED) is 0.671. The first-order chi connectivity index (χ1) is 6.21. The van der Waals surface area contributed by atoms with Gasteiger partial charge in [-0.2, -0.15) is 0 Å². The lowest BCUT2D eigenvalue weighted by Gasteiger charge is -2.33. The number of hydrogen-bond acceptors (Lipinski definition) is 4. The van der Waals surface area contributed by atoms with E-state index in [4.69, 9.17) is 4.74 Å². The van der Waals surface area contributed by atoms with Crippen LogP contribution in [-0.4, -0.2) is 26.0 Å². The molecule has 0 saturated heterocycles. The normalized spacial score (nSPS) is 18.9. The van der Waals surface area contributed by atoms with Gasteiger partial charge in [0, 0.05) is 0 Å². The predicted molar refractivity (Wildman–Crippen MR) is 55.2 cm³/mol. The number of carbonyl (C=O) groups excluding carboxylic acids is 1. The first kappa shape index (κ1) is 11.6. The summed E-state index contributed by atoms with van der Waals surface area (Å²) >= 11 is 0. The third-order valence-corrected chi connectivity index (χ3v) is 3.49. The number of amides is 1. The molecule has 1 aliphatic rings.